The quantitative estimate of drug-likeness (QED) is 0.422. The van der Waals surface area contributed by atoms with Gasteiger partial charge in [0.05, 0.1) is 10.8 Å². The lowest BCUT2D eigenvalue weighted by Crippen LogP contribution is -2.27. The maximum atomic E-state index is 12.2. The number of rotatable bonds is 9. The molecule has 0 unspecified atom stereocenters. The predicted molar refractivity (Wildman–Crippen MR) is 115 cm³/mol. The number of nitrogens with one attached hydrogen (secondary N) is 1. The number of carbonyl (C=O) groups excluding carboxylic acids is 1. The van der Waals surface area contributed by atoms with Gasteiger partial charge in [-0.2, -0.15) is 0 Å². The number of benzene rings is 2. The molecule has 0 saturated heterocycles. The molecular weight excluding hydrogens is 392 g/mol. The molecule has 0 radical (unpaired) electrons. The molecular formula is C21H21ClN4OS. The van der Waals surface area contributed by atoms with Crippen molar-refractivity contribution in [2.45, 2.75) is 18.1 Å². The second-order valence-electron chi connectivity index (χ2n) is 6.06. The van der Waals surface area contributed by atoms with Crippen molar-refractivity contribution >= 4 is 29.3 Å². The average molecular weight is 413 g/mol. The monoisotopic (exact) mass is 412 g/mol. The molecule has 3 rings (SSSR count). The normalized spacial score (nSPS) is 10.6. The van der Waals surface area contributed by atoms with Crippen molar-refractivity contribution in [2.75, 3.05) is 12.3 Å². The molecule has 0 fully saturated rings. The summed E-state index contributed by atoms with van der Waals surface area (Å²) in [6.45, 7) is 4.94. The third-order valence-corrected chi connectivity index (χ3v) is 5.35. The van der Waals surface area contributed by atoms with Crippen LogP contribution in [0.25, 0.3) is 11.4 Å². The largest absolute Gasteiger partial charge is 0.355 e. The minimum atomic E-state index is -0.0339. The fourth-order valence-corrected chi connectivity index (χ4v) is 3.70. The molecule has 7 heteroatoms. The first kappa shape index (κ1) is 20.2. The van der Waals surface area contributed by atoms with Gasteiger partial charge in [-0.15, -0.1) is 16.8 Å². The van der Waals surface area contributed by atoms with Gasteiger partial charge in [-0.1, -0.05) is 71.9 Å². The van der Waals surface area contributed by atoms with Crippen LogP contribution in [0.3, 0.4) is 0 Å². The second-order valence-corrected chi connectivity index (χ2v) is 7.41. The molecule has 1 heterocycles. The minimum absolute atomic E-state index is 0.0339. The van der Waals surface area contributed by atoms with E-state index in [0.29, 0.717) is 29.1 Å². The SMILES string of the molecule is C=CCn1c(SCC(=O)NCCc2ccccc2)nnc1-c1ccccc1Cl. The Morgan fingerprint density at radius 2 is 1.89 bits per heavy atom. The molecule has 1 amide bonds. The van der Waals surface area contributed by atoms with Crippen LogP contribution in [0.15, 0.2) is 72.4 Å². The number of aromatic nitrogens is 3. The number of amides is 1. The Bertz CT molecular complexity index is 943. The smallest absolute Gasteiger partial charge is 0.230 e. The summed E-state index contributed by atoms with van der Waals surface area (Å²) in [4.78, 5) is 12.2. The Labute approximate surface area is 173 Å². The van der Waals surface area contributed by atoms with Crippen LogP contribution in [0, 0.1) is 0 Å². The van der Waals surface area contributed by atoms with Gasteiger partial charge in [-0.05, 0) is 24.1 Å². The summed E-state index contributed by atoms with van der Waals surface area (Å²) in [5.41, 5.74) is 2.00. The number of nitrogens with zero attached hydrogens (tertiary/aromatic N) is 3. The number of halogens is 1. The first-order chi connectivity index (χ1) is 13.7. The molecule has 5 nitrogen and oxygen atoms in total. The van der Waals surface area contributed by atoms with E-state index in [9.17, 15) is 4.79 Å². The maximum absolute atomic E-state index is 12.2. The summed E-state index contributed by atoms with van der Waals surface area (Å²) in [5.74, 6) is 0.901. The van der Waals surface area contributed by atoms with Gasteiger partial charge in [0.25, 0.3) is 0 Å². The Morgan fingerprint density at radius 1 is 1.14 bits per heavy atom. The highest BCUT2D eigenvalue weighted by atomic mass is 35.5. The highest BCUT2D eigenvalue weighted by Gasteiger charge is 2.16. The molecule has 0 aliphatic carbocycles. The lowest BCUT2D eigenvalue weighted by molar-refractivity contribution is -0.118. The Kier molecular flexibility index (Phi) is 7.28. The molecule has 0 spiro atoms. The first-order valence-corrected chi connectivity index (χ1v) is 10.3. The van der Waals surface area contributed by atoms with E-state index in [0.717, 1.165) is 12.0 Å². The van der Waals surface area contributed by atoms with E-state index in [4.69, 9.17) is 11.6 Å². The number of hydrogen-bond donors (Lipinski definition) is 1. The van der Waals surface area contributed by atoms with E-state index in [-0.39, 0.29) is 11.7 Å². The van der Waals surface area contributed by atoms with Crippen molar-refractivity contribution in [1.82, 2.24) is 20.1 Å². The van der Waals surface area contributed by atoms with Gasteiger partial charge in [0.2, 0.25) is 5.91 Å². The third-order valence-electron chi connectivity index (χ3n) is 4.05. The van der Waals surface area contributed by atoms with E-state index in [1.807, 2.05) is 47.0 Å². The average Bonchev–Trinajstić information content (AvgIpc) is 3.10. The number of thioether (sulfide) groups is 1. The summed E-state index contributed by atoms with van der Waals surface area (Å²) < 4.78 is 1.91. The molecule has 28 heavy (non-hydrogen) atoms. The van der Waals surface area contributed by atoms with E-state index in [2.05, 4.69) is 34.2 Å². The zero-order chi connectivity index (χ0) is 19.8. The Morgan fingerprint density at radius 3 is 2.64 bits per heavy atom. The van der Waals surface area contributed by atoms with E-state index in [1.54, 1.807) is 6.08 Å². The lowest BCUT2D eigenvalue weighted by atomic mass is 10.1. The van der Waals surface area contributed by atoms with Gasteiger partial charge in [0.15, 0.2) is 11.0 Å². The summed E-state index contributed by atoms with van der Waals surface area (Å²) in [6.07, 6.45) is 2.58. The Balaban J connectivity index is 1.60. The van der Waals surface area contributed by atoms with Crippen molar-refractivity contribution in [3.05, 3.63) is 77.8 Å². The highest BCUT2D eigenvalue weighted by molar-refractivity contribution is 7.99. The van der Waals surface area contributed by atoms with Gasteiger partial charge in [0.1, 0.15) is 0 Å². The molecule has 0 saturated carbocycles. The lowest BCUT2D eigenvalue weighted by Gasteiger charge is -2.09. The van der Waals surface area contributed by atoms with Crippen LogP contribution in [0.1, 0.15) is 5.56 Å². The molecule has 3 aromatic rings. The van der Waals surface area contributed by atoms with Crippen LogP contribution in [-0.2, 0) is 17.8 Å². The standard InChI is InChI=1S/C21H21ClN4OS/c1-2-14-26-20(17-10-6-7-11-18(17)22)24-25-21(26)28-15-19(27)23-13-12-16-8-4-3-5-9-16/h2-11H,1,12-15H2,(H,23,27). The molecule has 0 bridgehead atoms. The van der Waals surface area contributed by atoms with Crippen molar-refractivity contribution in [1.29, 1.82) is 0 Å². The van der Waals surface area contributed by atoms with Gasteiger partial charge in [-0.25, -0.2) is 0 Å². The Hall–Kier alpha value is -2.57. The zero-order valence-electron chi connectivity index (χ0n) is 15.3. The maximum Gasteiger partial charge on any atom is 0.230 e. The molecule has 0 aliphatic heterocycles. The van der Waals surface area contributed by atoms with Crippen molar-refractivity contribution in [3.63, 3.8) is 0 Å². The predicted octanol–water partition coefficient (Wildman–Crippen LogP) is 4.24. The van der Waals surface area contributed by atoms with Gasteiger partial charge < -0.3 is 5.32 Å². The molecule has 1 N–H and O–H groups in total. The van der Waals surface area contributed by atoms with Crippen molar-refractivity contribution in [3.8, 4) is 11.4 Å². The molecule has 0 atom stereocenters. The van der Waals surface area contributed by atoms with Crippen LogP contribution >= 0.6 is 23.4 Å². The van der Waals surface area contributed by atoms with Gasteiger partial charge in [-0.3, -0.25) is 9.36 Å². The molecule has 144 valence electrons. The molecule has 1 aromatic heterocycles. The summed E-state index contributed by atoms with van der Waals surface area (Å²) in [6, 6.07) is 17.6. The number of carbonyl (C=O) groups is 1. The summed E-state index contributed by atoms with van der Waals surface area (Å²) >= 11 is 7.65. The first-order valence-electron chi connectivity index (χ1n) is 8.91. The van der Waals surface area contributed by atoms with E-state index < -0.39 is 0 Å². The second kappa shape index (κ2) is 10.1. The van der Waals surface area contributed by atoms with Gasteiger partial charge >= 0.3 is 0 Å². The van der Waals surface area contributed by atoms with Crippen LogP contribution in [-0.4, -0.2) is 33.0 Å². The summed E-state index contributed by atoms with van der Waals surface area (Å²) in [5, 5.41) is 12.7. The van der Waals surface area contributed by atoms with Crippen LogP contribution in [0.4, 0.5) is 0 Å². The third kappa shape index (κ3) is 5.24. The summed E-state index contributed by atoms with van der Waals surface area (Å²) in [7, 11) is 0. The van der Waals surface area contributed by atoms with Crippen LogP contribution in [0.2, 0.25) is 5.02 Å². The fourth-order valence-electron chi connectivity index (χ4n) is 2.70. The van der Waals surface area contributed by atoms with E-state index in [1.165, 1.54) is 17.3 Å². The van der Waals surface area contributed by atoms with Crippen LogP contribution < -0.4 is 5.32 Å². The van der Waals surface area contributed by atoms with Crippen LogP contribution in [0.5, 0.6) is 0 Å². The fraction of sp³-hybridized carbons (Fsp3) is 0.190. The molecule has 0 aliphatic rings. The zero-order valence-corrected chi connectivity index (χ0v) is 16.9. The van der Waals surface area contributed by atoms with Gasteiger partial charge in [0, 0.05) is 18.7 Å². The van der Waals surface area contributed by atoms with E-state index >= 15 is 0 Å². The molecule has 2 aromatic carbocycles. The topological polar surface area (TPSA) is 59.8 Å². The number of allylic oxidation sites excluding steroid dienone is 1. The van der Waals surface area contributed by atoms with Crippen molar-refractivity contribution < 1.29 is 4.79 Å². The van der Waals surface area contributed by atoms with Crippen molar-refractivity contribution in [2.24, 2.45) is 0 Å². The number of hydrogen-bond acceptors (Lipinski definition) is 4. The highest BCUT2D eigenvalue weighted by Crippen LogP contribution is 2.29. The minimum Gasteiger partial charge on any atom is -0.355 e.